The third-order valence-corrected chi connectivity index (χ3v) is 6.22. The molecule has 0 unspecified atom stereocenters. The number of rotatable bonds is 3. The molecule has 2 nitrogen and oxygen atoms in total. The SMILES string of the molecule is CC1=CC(C)(C)[C@]1(C)C[C@H]1CC/C(=C/N2CC2)[C@@H](O)C1. The molecule has 0 aromatic rings. The maximum absolute atomic E-state index is 10.4. The van der Waals surface area contributed by atoms with Gasteiger partial charge in [0, 0.05) is 19.3 Å². The molecule has 0 amide bonds. The first-order valence-electron chi connectivity index (χ1n) is 8.14. The Balaban J connectivity index is 1.62. The molecule has 0 aromatic heterocycles. The van der Waals surface area contributed by atoms with Crippen LogP contribution in [0.3, 0.4) is 0 Å². The standard InChI is InChI=1S/C18H29NO/c1-13-10-17(2,3)18(13,4)11-14-5-6-15(16(20)9-14)12-19-7-8-19/h10,12,14,16,20H,5-9,11H2,1-4H3/b15-12-/t14-,16-,18+/m0/s1. The highest BCUT2D eigenvalue weighted by molar-refractivity contribution is 5.32. The van der Waals surface area contributed by atoms with Crippen LogP contribution in [-0.4, -0.2) is 29.2 Å². The maximum Gasteiger partial charge on any atom is 0.0769 e. The van der Waals surface area contributed by atoms with Gasteiger partial charge < -0.3 is 10.0 Å². The Kier molecular flexibility index (Phi) is 3.28. The lowest BCUT2D eigenvalue weighted by atomic mass is 9.50. The van der Waals surface area contributed by atoms with Gasteiger partial charge in [0.1, 0.15) is 0 Å². The number of allylic oxidation sites excluding steroid dienone is 2. The molecule has 2 heteroatoms. The van der Waals surface area contributed by atoms with Crippen molar-refractivity contribution in [3.05, 3.63) is 23.4 Å². The van der Waals surface area contributed by atoms with E-state index < -0.39 is 0 Å². The molecule has 0 aromatic carbocycles. The molecule has 1 saturated carbocycles. The fraction of sp³-hybridized carbons (Fsp3) is 0.778. The van der Waals surface area contributed by atoms with Gasteiger partial charge in [0.15, 0.2) is 0 Å². The van der Waals surface area contributed by atoms with E-state index in [2.05, 4.69) is 44.9 Å². The van der Waals surface area contributed by atoms with Gasteiger partial charge in [0.05, 0.1) is 6.10 Å². The van der Waals surface area contributed by atoms with Crippen molar-refractivity contribution < 1.29 is 5.11 Å². The Labute approximate surface area is 123 Å². The van der Waals surface area contributed by atoms with Crippen LogP contribution in [-0.2, 0) is 0 Å². The molecule has 3 aliphatic rings. The normalized spacial score (nSPS) is 41.4. The van der Waals surface area contributed by atoms with Crippen molar-refractivity contribution in [2.45, 2.75) is 59.5 Å². The van der Waals surface area contributed by atoms with E-state index in [-0.39, 0.29) is 6.10 Å². The third kappa shape index (κ3) is 2.32. The van der Waals surface area contributed by atoms with Gasteiger partial charge in [-0.15, -0.1) is 0 Å². The average Bonchev–Trinajstić information content (AvgIpc) is 3.16. The Morgan fingerprint density at radius 2 is 2.05 bits per heavy atom. The van der Waals surface area contributed by atoms with Crippen LogP contribution >= 0.6 is 0 Å². The summed E-state index contributed by atoms with van der Waals surface area (Å²) < 4.78 is 0. The van der Waals surface area contributed by atoms with Crippen molar-refractivity contribution in [2.24, 2.45) is 16.7 Å². The van der Waals surface area contributed by atoms with Crippen LogP contribution in [0.25, 0.3) is 0 Å². The molecule has 112 valence electrons. The zero-order valence-electron chi connectivity index (χ0n) is 13.4. The maximum atomic E-state index is 10.4. The van der Waals surface area contributed by atoms with Gasteiger partial charge in [0.2, 0.25) is 0 Å². The predicted molar refractivity (Wildman–Crippen MR) is 83.3 cm³/mol. The molecule has 3 rings (SSSR count). The van der Waals surface area contributed by atoms with Crippen molar-refractivity contribution in [3.8, 4) is 0 Å². The average molecular weight is 275 g/mol. The van der Waals surface area contributed by atoms with Gasteiger partial charge in [-0.25, -0.2) is 0 Å². The second-order valence-corrected chi connectivity index (χ2v) is 7.98. The summed E-state index contributed by atoms with van der Waals surface area (Å²) in [4.78, 5) is 2.29. The zero-order valence-corrected chi connectivity index (χ0v) is 13.4. The van der Waals surface area contributed by atoms with Crippen LogP contribution in [0.2, 0.25) is 0 Å². The molecule has 1 N–H and O–H groups in total. The third-order valence-electron chi connectivity index (χ3n) is 6.22. The zero-order chi connectivity index (χ0) is 14.5. The van der Waals surface area contributed by atoms with E-state index in [1.54, 1.807) is 5.57 Å². The van der Waals surface area contributed by atoms with Gasteiger partial charge in [-0.2, -0.15) is 0 Å². The molecule has 1 heterocycles. The molecule has 0 spiro atoms. The summed E-state index contributed by atoms with van der Waals surface area (Å²) in [6.07, 6.45) is 8.94. The van der Waals surface area contributed by atoms with Crippen LogP contribution in [0.15, 0.2) is 23.4 Å². The lowest BCUT2D eigenvalue weighted by molar-refractivity contribution is 0.0694. The Morgan fingerprint density at radius 3 is 2.55 bits per heavy atom. The summed E-state index contributed by atoms with van der Waals surface area (Å²) in [5.41, 5.74) is 3.46. The number of hydrogen-bond acceptors (Lipinski definition) is 2. The summed E-state index contributed by atoms with van der Waals surface area (Å²) in [5, 5.41) is 10.4. The Hall–Kier alpha value is -0.760. The van der Waals surface area contributed by atoms with E-state index in [1.165, 1.54) is 31.5 Å². The van der Waals surface area contributed by atoms with Gasteiger partial charge >= 0.3 is 0 Å². The van der Waals surface area contributed by atoms with Crippen LogP contribution < -0.4 is 0 Å². The summed E-state index contributed by atoms with van der Waals surface area (Å²) in [6, 6.07) is 0. The monoisotopic (exact) mass is 275 g/mol. The quantitative estimate of drug-likeness (QED) is 0.626. The summed E-state index contributed by atoms with van der Waals surface area (Å²) in [7, 11) is 0. The summed E-state index contributed by atoms with van der Waals surface area (Å²) >= 11 is 0. The second-order valence-electron chi connectivity index (χ2n) is 7.98. The van der Waals surface area contributed by atoms with E-state index in [0.29, 0.717) is 16.7 Å². The first kappa shape index (κ1) is 14.2. The molecular formula is C18H29NO. The summed E-state index contributed by atoms with van der Waals surface area (Å²) in [5.74, 6) is 0.671. The van der Waals surface area contributed by atoms with E-state index in [4.69, 9.17) is 0 Å². The van der Waals surface area contributed by atoms with E-state index in [1.807, 2.05) is 0 Å². The van der Waals surface area contributed by atoms with Crippen LogP contribution in [0.1, 0.15) is 53.4 Å². The minimum absolute atomic E-state index is 0.203. The second kappa shape index (κ2) is 4.62. The lowest BCUT2D eigenvalue weighted by Gasteiger charge is -2.54. The van der Waals surface area contributed by atoms with E-state index in [9.17, 15) is 5.11 Å². The molecule has 3 atom stereocenters. The Bertz CT molecular complexity index is 458. The fourth-order valence-corrected chi connectivity index (χ4v) is 4.17. The van der Waals surface area contributed by atoms with Crippen molar-refractivity contribution in [3.63, 3.8) is 0 Å². The van der Waals surface area contributed by atoms with Crippen molar-refractivity contribution in [1.82, 2.24) is 4.90 Å². The molecule has 1 saturated heterocycles. The number of hydrogen-bond donors (Lipinski definition) is 1. The minimum Gasteiger partial charge on any atom is -0.389 e. The fourth-order valence-electron chi connectivity index (χ4n) is 4.17. The van der Waals surface area contributed by atoms with Gasteiger partial charge in [-0.3, -0.25) is 0 Å². The Morgan fingerprint density at radius 1 is 1.35 bits per heavy atom. The predicted octanol–water partition coefficient (Wildman–Crippen LogP) is 3.73. The molecule has 0 bridgehead atoms. The van der Waals surface area contributed by atoms with Gasteiger partial charge in [-0.1, -0.05) is 32.4 Å². The highest BCUT2D eigenvalue weighted by atomic mass is 16.3. The highest BCUT2D eigenvalue weighted by Crippen LogP contribution is 2.59. The van der Waals surface area contributed by atoms with Gasteiger partial charge in [0.25, 0.3) is 0 Å². The summed E-state index contributed by atoms with van der Waals surface area (Å²) in [6.45, 7) is 11.7. The van der Waals surface area contributed by atoms with Gasteiger partial charge in [-0.05, 0) is 54.9 Å². The molecular weight excluding hydrogens is 246 g/mol. The molecule has 2 fully saturated rings. The van der Waals surface area contributed by atoms with E-state index >= 15 is 0 Å². The largest absolute Gasteiger partial charge is 0.389 e. The topological polar surface area (TPSA) is 23.2 Å². The van der Waals surface area contributed by atoms with E-state index in [0.717, 1.165) is 12.8 Å². The smallest absolute Gasteiger partial charge is 0.0769 e. The first-order chi connectivity index (χ1) is 9.32. The van der Waals surface area contributed by atoms with Crippen LogP contribution in [0, 0.1) is 16.7 Å². The molecule has 1 aliphatic heterocycles. The minimum atomic E-state index is -0.203. The number of aliphatic hydroxyl groups is 1. The van der Waals surface area contributed by atoms with Crippen molar-refractivity contribution in [2.75, 3.05) is 13.1 Å². The number of nitrogens with zero attached hydrogens (tertiary/aromatic N) is 1. The number of aliphatic hydroxyl groups excluding tert-OH is 1. The van der Waals surface area contributed by atoms with Crippen molar-refractivity contribution in [1.29, 1.82) is 0 Å². The molecule has 2 aliphatic carbocycles. The molecule has 20 heavy (non-hydrogen) atoms. The highest BCUT2D eigenvalue weighted by Gasteiger charge is 2.49. The van der Waals surface area contributed by atoms with Crippen molar-refractivity contribution >= 4 is 0 Å². The first-order valence-corrected chi connectivity index (χ1v) is 8.14. The van der Waals surface area contributed by atoms with Crippen LogP contribution in [0.4, 0.5) is 0 Å². The van der Waals surface area contributed by atoms with Crippen LogP contribution in [0.5, 0.6) is 0 Å². The molecule has 0 radical (unpaired) electrons. The lowest BCUT2D eigenvalue weighted by Crippen LogP contribution is -2.45.